The van der Waals surface area contributed by atoms with E-state index in [0.29, 0.717) is 5.75 Å². The molecule has 2 aromatic carbocycles. The van der Waals surface area contributed by atoms with Crippen molar-refractivity contribution in [3.8, 4) is 11.5 Å². The van der Waals surface area contributed by atoms with Gasteiger partial charge < -0.3 is 15.2 Å². The van der Waals surface area contributed by atoms with E-state index in [-0.39, 0.29) is 6.61 Å². The first-order chi connectivity index (χ1) is 10.2. The molecule has 3 nitrogen and oxygen atoms in total. The summed E-state index contributed by atoms with van der Waals surface area (Å²) in [5.41, 5.74) is 1.98. The second-order valence-corrected chi connectivity index (χ2v) is 5.65. The molecule has 0 spiro atoms. The predicted octanol–water partition coefficient (Wildman–Crippen LogP) is 4.23. The highest BCUT2D eigenvalue weighted by molar-refractivity contribution is 9.10. The standard InChI is InChI=1S/C17H20BrNO2/c1-2-9-19-11-13-7-8-15(10-16(13)18)21-17-6-4-3-5-14(17)12-20/h3-8,10,19-20H,2,9,11-12H2,1H3. The van der Waals surface area contributed by atoms with Crippen LogP contribution in [0.3, 0.4) is 0 Å². The topological polar surface area (TPSA) is 41.5 Å². The number of benzene rings is 2. The van der Waals surface area contributed by atoms with E-state index in [1.54, 1.807) is 0 Å². The van der Waals surface area contributed by atoms with E-state index >= 15 is 0 Å². The minimum Gasteiger partial charge on any atom is -0.457 e. The molecule has 2 aromatic rings. The maximum atomic E-state index is 9.32. The van der Waals surface area contributed by atoms with Gasteiger partial charge in [-0.25, -0.2) is 0 Å². The van der Waals surface area contributed by atoms with E-state index in [2.05, 4.69) is 28.2 Å². The molecule has 0 bridgehead atoms. The zero-order valence-corrected chi connectivity index (χ0v) is 13.7. The summed E-state index contributed by atoms with van der Waals surface area (Å²) in [4.78, 5) is 0. The minimum atomic E-state index is -0.0314. The molecular formula is C17H20BrNO2. The van der Waals surface area contributed by atoms with Crippen LogP contribution in [0.15, 0.2) is 46.9 Å². The van der Waals surface area contributed by atoms with E-state index in [1.807, 2.05) is 42.5 Å². The lowest BCUT2D eigenvalue weighted by molar-refractivity contribution is 0.276. The summed E-state index contributed by atoms with van der Waals surface area (Å²) in [5.74, 6) is 1.44. The smallest absolute Gasteiger partial charge is 0.132 e. The summed E-state index contributed by atoms with van der Waals surface area (Å²) in [6.07, 6.45) is 1.12. The Labute approximate surface area is 134 Å². The molecule has 0 fully saturated rings. The van der Waals surface area contributed by atoms with Gasteiger partial charge in [0.25, 0.3) is 0 Å². The molecule has 0 aliphatic rings. The van der Waals surface area contributed by atoms with Crippen molar-refractivity contribution in [1.82, 2.24) is 5.32 Å². The average molecular weight is 350 g/mol. The number of rotatable bonds is 7. The number of para-hydroxylation sites is 1. The van der Waals surface area contributed by atoms with Gasteiger partial charge >= 0.3 is 0 Å². The Morgan fingerprint density at radius 1 is 1.14 bits per heavy atom. The summed E-state index contributed by atoms with van der Waals surface area (Å²) >= 11 is 3.58. The van der Waals surface area contributed by atoms with Crippen molar-refractivity contribution in [2.24, 2.45) is 0 Å². The quantitative estimate of drug-likeness (QED) is 0.734. The van der Waals surface area contributed by atoms with Crippen molar-refractivity contribution in [3.05, 3.63) is 58.1 Å². The molecule has 0 aliphatic carbocycles. The molecule has 0 aliphatic heterocycles. The summed E-state index contributed by atoms with van der Waals surface area (Å²) in [6, 6.07) is 13.4. The van der Waals surface area contributed by atoms with Crippen molar-refractivity contribution in [3.63, 3.8) is 0 Å². The number of halogens is 1. The molecule has 0 unspecified atom stereocenters. The Bertz CT molecular complexity index is 587. The van der Waals surface area contributed by atoms with Crippen molar-refractivity contribution in [1.29, 1.82) is 0 Å². The first-order valence-electron chi connectivity index (χ1n) is 7.10. The monoisotopic (exact) mass is 349 g/mol. The Morgan fingerprint density at radius 2 is 1.95 bits per heavy atom. The van der Waals surface area contributed by atoms with E-state index in [4.69, 9.17) is 4.74 Å². The van der Waals surface area contributed by atoms with Crippen molar-refractivity contribution >= 4 is 15.9 Å². The van der Waals surface area contributed by atoms with Gasteiger partial charge in [-0.3, -0.25) is 0 Å². The molecule has 0 radical (unpaired) electrons. The van der Waals surface area contributed by atoms with Gasteiger partial charge in [0.1, 0.15) is 11.5 Å². The predicted molar refractivity (Wildman–Crippen MR) is 88.6 cm³/mol. The van der Waals surface area contributed by atoms with Crippen LogP contribution in [0.25, 0.3) is 0 Å². The molecule has 2 rings (SSSR count). The van der Waals surface area contributed by atoms with Gasteiger partial charge in [-0.1, -0.05) is 47.1 Å². The van der Waals surface area contributed by atoms with Gasteiger partial charge in [0, 0.05) is 16.6 Å². The normalized spacial score (nSPS) is 10.6. The molecule has 0 saturated carbocycles. The van der Waals surface area contributed by atoms with Gasteiger partial charge in [0.2, 0.25) is 0 Å². The molecule has 0 heterocycles. The van der Waals surface area contributed by atoms with Crippen LogP contribution >= 0.6 is 15.9 Å². The molecule has 2 N–H and O–H groups in total. The minimum absolute atomic E-state index is 0.0314. The molecule has 0 atom stereocenters. The fraction of sp³-hybridized carbons (Fsp3) is 0.294. The second kappa shape index (κ2) is 8.17. The zero-order valence-electron chi connectivity index (χ0n) is 12.1. The molecule has 21 heavy (non-hydrogen) atoms. The molecule has 112 valence electrons. The van der Waals surface area contributed by atoms with Crippen LogP contribution in [-0.2, 0) is 13.2 Å². The lowest BCUT2D eigenvalue weighted by Crippen LogP contribution is -2.14. The molecule has 0 saturated heterocycles. The maximum absolute atomic E-state index is 9.32. The zero-order chi connectivity index (χ0) is 15.1. The fourth-order valence-electron chi connectivity index (χ4n) is 2.00. The Kier molecular flexibility index (Phi) is 6.23. The van der Waals surface area contributed by atoms with Gasteiger partial charge in [-0.2, -0.15) is 0 Å². The number of nitrogens with one attached hydrogen (secondary N) is 1. The Hall–Kier alpha value is -1.36. The van der Waals surface area contributed by atoms with Crippen LogP contribution < -0.4 is 10.1 Å². The lowest BCUT2D eigenvalue weighted by Gasteiger charge is -2.12. The highest BCUT2D eigenvalue weighted by atomic mass is 79.9. The third kappa shape index (κ3) is 4.56. The van der Waals surface area contributed by atoms with Crippen LogP contribution in [0.5, 0.6) is 11.5 Å². The third-order valence-corrected chi connectivity index (χ3v) is 3.88. The van der Waals surface area contributed by atoms with Crippen molar-refractivity contribution in [2.75, 3.05) is 6.54 Å². The van der Waals surface area contributed by atoms with Gasteiger partial charge in [0.15, 0.2) is 0 Å². The summed E-state index contributed by atoms with van der Waals surface area (Å²) in [7, 11) is 0. The molecule has 0 amide bonds. The Balaban J connectivity index is 2.09. The van der Waals surface area contributed by atoms with Gasteiger partial charge in [-0.05, 0) is 36.7 Å². The van der Waals surface area contributed by atoms with Crippen LogP contribution in [-0.4, -0.2) is 11.7 Å². The van der Waals surface area contributed by atoms with E-state index in [1.165, 1.54) is 5.56 Å². The average Bonchev–Trinajstić information content (AvgIpc) is 2.50. The van der Waals surface area contributed by atoms with Crippen LogP contribution in [0.2, 0.25) is 0 Å². The van der Waals surface area contributed by atoms with Gasteiger partial charge in [0.05, 0.1) is 6.61 Å². The van der Waals surface area contributed by atoms with E-state index < -0.39 is 0 Å². The highest BCUT2D eigenvalue weighted by Gasteiger charge is 2.06. The number of hydrogen-bond acceptors (Lipinski definition) is 3. The van der Waals surface area contributed by atoms with E-state index in [0.717, 1.165) is 35.3 Å². The summed E-state index contributed by atoms with van der Waals surface area (Å²) < 4.78 is 6.87. The lowest BCUT2D eigenvalue weighted by atomic mass is 10.2. The van der Waals surface area contributed by atoms with Crippen LogP contribution in [0.4, 0.5) is 0 Å². The number of aliphatic hydroxyl groups excluding tert-OH is 1. The number of hydrogen-bond donors (Lipinski definition) is 2. The summed E-state index contributed by atoms with van der Waals surface area (Å²) in [5, 5.41) is 12.7. The van der Waals surface area contributed by atoms with Crippen molar-refractivity contribution < 1.29 is 9.84 Å². The third-order valence-electron chi connectivity index (χ3n) is 3.14. The SMILES string of the molecule is CCCNCc1ccc(Oc2ccccc2CO)cc1Br. The first kappa shape index (κ1) is 16.0. The van der Waals surface area contributed by atoms with Crippen LogP contribution in [0, 0.1) is 0 Å². The number of ether oxygens (including phenoxy) is 1. The Morgan fingerprint density at radius 3 is 2.67 bits per heavy atom. The molecule has 0 aromatic heterocycles. The van der Waals surface area contributed by atoms with Crippen molar-refractivity contribution in [2.45, 2.75) is 26.5 Å². The van der Waals surface area contributed by atoms with E-state index in [9.17, 15) is 5.11 Å². The highest BCUT2D eigenvalue weighted by Crippen LogP contribution is 2.29. The maximum Gasteiger partial charge on any atom is 0.132 e. The first-order valence-corrected chi connectivity index (χ1v) is 7.89. The molecule has 4 heteroatoms. The summed E-state index contributed by atoms with van der Waals surface area (Å²) in [6.45, 7) is 3.96. The number of aliphatic hydroxyl groups is 1. The largest absolute Gasteiger partial charge is 0.457 e. The fourth-order valence-corrected chi connectivity index (χ4v) is 2.49. The molecular weight excluding hydrogens is 330 g/mol. The second-order valence-electron chi connectivity index (χ2n) is 4.80. The van der Waals surface area contributed by atoms with Crippen LogP contribution in [0.1, 0.15) is 24.5 Å². The van der Waals surface area contributed by atoms with Gasteiger partial charge in [-0.15, -0.1) is 0 Å².